The molecule has 3 rings (SSSR count). The number of pyridine rings is 1. The first-order valence-electron chi connectivity index (χ1n) is 7.64. The highest BCUT2D eigenvalue weighted by molar-refractivity contribution is 5.78. The van der Waals surface area contributed by atoms with Crippen LogP contribution in [0.1, 0.15) is 17.8 Å². The number of aromatic nitrogens is 3. The van der Waals surface area contributed by atoms with Gasteiger partial charge in [-0.25, -0.2) is 4.98 Å². The molecular weight excluding hydrogens is 296 g/mol. The van der Waals surface area contributed by atoms with Crippen LogP contribution in [0.15, 0.2) is 30.9 Å². The number of ether oxygens (including phenoxy) is 2. The largest absolute Gasteiger partial charge is 0.486 e. The molecule has 2 atom stereocenters. The van der Waals surface area contributed by atoms with E-state index in [2.05, 4.69) is 20.3 Å². The van der Waals surface area contributed by atoms with E-state index in [1.165, 1.54) is 0 Å². The maximum absolute atomic E-state index is 12.1. The Morgan fingerprint density at radius 2 is 2.39 bits per heavy atom. The lowest BCUT2D eigenvalue weighted by Gasteiger charge is -2.32. The number of imidazole rings is 1. The van der Waals surface area contributed by atoms with Gasteiger partial charge in [0.15, 0.2) is 0 Å². The molecule has 0 radical (unpaired) electrons. The van der Waals surface area contributed by atoms with E-state index < -0.39 is 0 Å². The van der Waals surface area contributed by atoms with Crippen LogP contribution in [0.5, 0.6) is 5.75 Å². The summed E-state index contributed by atoms with van der Waals surface area (Å²) in [5.41, 5.74) is 1.72. The van der Waals surface area contributed by atoms with Crippen molar-refractivity contribution in [3.63, 3.8) is 0 Å². The van der Waals surface area contributed by atoms with Crippen LogP contribution in [-0.2, 0) is 16.0 Å². The van der Waals surface area contributed by atoms with Crippen molar-refractivity contribution in [2.24, 2.45) is 0 Å². The normalized spacial score (nSPS) is 20.9. The summed E-state index contributed by atoms with van der Waals surface area (Å²) in [6.45, 7) is 2.99. The predicted molar refractivity (Wildman–Crippen MR) is 83.0 cm³/mol. The van der Waals surface area contributed by atoms with Crippen molar-refractivity contribution in [2.75, 3.05) is 13.2 Å². The Balaban J connectivity index is 1.59. The fraction of sp³-hybridized carbons (Fsp3) is 0.438. The van der Waals surface area contributed by atoms with Gasteiger partial charge in [-0.15, -0.1) is 0 Å². The number of rotatable bonds is 5. The van der Waals surface area contributed by atoms with Crippen LogP contribution in [0.25, 0.3) is 0 Å². The molecular formula is C16H20N4O3. The topological polar surface area (TPSA) is 89.1 Å². The van der Waals surface area contributed by atoms with Crippen LogP contribution < -0.4 is 10.1 Å². The zero-order valence-electron chi connectivity index (χ0n) is 13.0. The van der Waals surface area contributed by atoms with Crippen LogP contribution in [0.2, 0.25) is 0 Å². The van der Waals surface area contributed by atoms with Gasteiger partial charge in [0.2, 0.25) is 5.91 Å². The molecule has 3 heterocycles. The van der Waals surface area contributed by atoms with E-state index in [4.69, 9.17) is 9.47 Å². The molecule has 122 valence electrons. The third-order valence-corrected chi connectivity index (χ3v) is 3.72. The monoisotopic (exact) mass is 316 g/mol. The minimum atomic E-state index is -0.180. The Morgan fingerprint density at radius 3 is 3.13 bits per heavy atom. The van der Waals surface area contributed by atoms with Crippen LogP contribution in [-0.4, -0.2) is 46.2 Å². The Hall–Kier alpha value is -2.41. The average molecular weight is 316 g/mol. The molecule has 1 aliphatic rings. The molecule has 1 aliphatic heterocycles. The van der Waals surface area contributed by atoms with Crippen LogP contribution >= 0.6 is 0 Å². The molecule has 0 aromatic carbocycles. The zero-order valence-corrected chi connectivity index (χ0v) is 13.0. The number of carbonyl (C=O) groups excluding carboxylic acids is 1. The highest BCUT2D eigenvalue weighted by atomic mass is 16.5. The van der Waals surface area contributed by atoms with Gasteiger partial charge in [-0.3, -0.25) is 9.78 Å². The van der Waals surface area contributed by atoms with E-state index in [1.54, 1.807) is 18.7 Å². The third-order valence-electron chi connectivity index (χ3n) is 3.72. The summed E-state index contributed by atoms with van der Waals surface area (Å²) in [5.74, 6) is 0.621. The fourth-order valence-electron chi connectivity index (χ4n) is 2.50. The van der Waals surface area contributed by atoms with Gasteiger partial charge in [-0.1, -0.05) is 0 Å². The van der Waals surface area contributed by atoms with Crippen molar-refractivity contribution in [1.29, 1.82) is 0 Å². The van der Waals surface area contributed by atoms with Crippen molar-refractivity contribution in [1.82, 2.24) is 20.3 Å². The summed E-state index contributed by atoms with van der Waals surface area (Å²) in [6, 6.07) is 3.61. The molecule has 1 fully saturated rings. The van der Waals surface area contributed by atoms with Crippen LogP contribution in [0.4, 0.5) is 0 Å². The summed E-state index contributed by atoms with van der Waals surface area (Å²) >= 11 is 0. The summed E-state index contributed by atoms with van der Waals surface area (Å²) in [4.78, 5) is 23.2. The molecule has 0 bridgehead atoms. The Kier molecular flexibility index (Phi) is 4.87. The van der Waals surface area contributed by atoms with Gasteiger partial charge in [0.25, 0.3) is 0 Å². The Bertz CT molecular complexity index is 627. The summed E-state index contributed by atoms with van der Waals surface area (Å²) in [7, 11) is 0. The number of H-pyrrole nitrogens is 1. The number of aryl methyl sites for hydroxylation is 1. The van der Waals surface area contributed by atoms with E-state index >= 15 is 0 Å². The van der Waals surface area contributed by atoms with Gasteiger partial charge in [-0.05, 0) is 19.1 Å². The maximum atomic E-state index is 12.1. The molecule has 23 heavy (non-hydrogen) atoms. The maximum Gasteiger partial charge on any atom is 0.226 e. The van der Waals surface area contributed by atoms with Gasteiger partial charge in [-0.2, -0.15) is 0 Å². The van der Waals surface area contributed by atoms with Crippen molar-refractivity contribution in [2.45, 2.75) is 31.9 Å². The average Bonchev–Trinajstić information content (AvgIpc) is 3.04. The molecule has 0 saturated carbocycles. The van der Waals surface area contributed by atoms with Crippen LogP contribution in [0, 0.1) is 6.92 Å². The van der Waals surface area contributed by atoms with E-state index in [1.807, 2.05) is 19.1 Å². The SMILES string of the molecule is Cc1ccc(O[C@H]2CCOC[C@H]2NC(=O)Cc2cnc[nH]2)cn1. The fourth-order valence-corrected chi connectivity index (χ4v) is 2.50. The molecule has 2 N–H and O–H groups in total. The van der Waals surface area contributed by atoms with Crippen molar-refractivity contribution in [3.8, 4) is 5.75 Å². The van der Waals surface area contributed by atoms with Gasteiger partial charge >= 0.3 is 0 Å². The first-order chi connectivity index (χ1) is 11.2. The smallest absolute Gasteiger partial charge is 0.226 e. The molecule has 1 saturated heterocycles. The molecule has 7 heteroatoms. The van der Waals surface area contributed by atoms with Gasteiger partial charge in [0.1, 0.15) is 11.9 Å². The zero-order chi connectivity index (χ0) is 16.1. The Morgan fingerprint density at radius 1 is 1.48 bits per heavy atom. The second kappa shape index (κ2) is 7.23. The minimum Gasteiger partial charge on any atom is -0.486 e. The summed E-state index contributed by atoms with van der Waals surface area (Å²) in [6.07, 6.45) is 5.76. The number of hydrogen-bond acceptors (Lipinski definition) is 5. The van der Waals surface area contributed by atoms with Gasteiger partial charge in [0, 0.05) is 24.0 Å². The molecule has 1 amide bonds. The van der Waals surface area contributed by atoms with Crippen molar-refractivity contribution < 1.29 is 14.3 Å². The first-order valence-corrected chi connectivity index (χ1v) is 7.64. The van der Waals surface area contributed by atoms with Crippen molar-refractivity contribution >= 4 is 5.91 Å². The van der Waals surface area contributed by atoms with E-state index in [0.717, 1.165) is 17.8 Å². The highest BCUT2D eigenvalue weighted by Crippen LogP contribution is 2.18. The number of nitrogens with one attached hydrogen (secondary N) is 2. The second-order valence-electron chi connectivity index (χ2n) is 5.58. The van der Waals surface area contributed by atoms with E-state index in [0.29, 0.717) is 19.0 Å². The summed E-state index contributed by atoms with van der Waals surface area (Å²) < 4.78 is 11.5. The Labute approximate surface area is 134 Å². The number of nitrogens with zero attached hydrogens (tertiary/aromatic N) is 2. The molecule has 7 nitrogen and oxygen atoms in total. The first kappa shape index (κ1) is 15.5. The molecule has 0 unspecified atom stereocenters. The standard InChI is InChI=1S/C16H20N4O3/c1-11-2-3-13(8-18-11)23-15-4-5-22-9-14(15)20-16(21)6-12-7-17-10-19-12/h2-3,7-8,10,14-15H,4-6,9H2,1H3,(H,17,19)(H,20,21)/t14-,15+/m1/s1. The highest BCUT2D eigenvalue weighted by Gasteiger charge is 2.29. The van der Waals surface area contributed by atoms with Crippen molar-refractivity contribution in [3.05, 3.63) is 42.2 Å². The van der Waals surface area contributed by atoms with E-state index in [-0.39, 0.29) is 24.5 Å². The quantitative estimate of drug-likeness (QED) is 0.859. The summed E-state index contributed by atoms with van der Waals surface area (Å²) in [5, 5.41) is 2.98. The minimum absolute atomic E-state index is 0.0830. The second-order valence-corrected chi connectivity index (χ2v) is 5.58. The molecule has 0 spiro atoms. The number of amides is 1. The lowest BCUT2D eigenvalue weighted by atomic mass is 10.1. The van der Waals surface area contributed by atoms with E-state index in [9.17, 15) is 4.79 Å². The van der Waals surface area contributed by atoms with Gasteiger partial charge < -0.3 is 19.8 Å². The van der Waals surface area contributed by atoms with Gasteiger partial charge in [0.05, 0.1) is 38.2 Å². The molecule has 2 aromatic rings. The lowest BCUT2D eigenvalue weighted by molar-refractivity contribution is -0.123. The number of hydrogen-bond donors (Lipinski definition) is 2. The lowest BCUT2D eigenvalue weighted by Crippen LogP contribution is -2.52. The molecule has 2 aromatic heterocycles. The third kappa shape index (κ3) is 4.29. The number of carbonyl (C=O) groups is 1. The predicted octanol–water partition coefficient (Wildman–Crippen LogP) is 1.01. The van der Waals surface area contributed by atoms with Crippen LogP contribution in [0.3, 0.4) is 0 Å². The molecule has 0 aliphatic carbocycles. The number of aromatic amines is 1.